The number of aryl methyl sites for hydroxylation is 2. The lowest BCUT2D eigenvalue weighted by molar-refractivity contribution is 0.543. The van der Waals surface area contributed by atoms with Gasteiger partial charge in [0.1, 0.15) is 5.82 Å². The molecule has 0 N–H and O–H groups in total. The minimum atomic E-state index is 0.377. The number of benzene rings is 1. The number of anilines is 2. The van der Waals surface area contributed by atoms with Crippen LogP contribution >= 0.6 is 0 Å². The standard InChI is InChI=1S/C22H24N6O/c1-15-6-4-7-18(12-15)27-10-9-26(14-17(27)3)20-13-16(2)23-22-24-21(25-28(20)22)19-8-5-11-29-19/h4-8,11-13,17H,9-10,14H2,1-3H3. The molecule has 4 aromatic rings. The molecule has 1 unspecified atom stereocenters. The van der Waals surface area contributed by atoms with Crippen LogP contribution in [0, 0.1) is 13.8 Å². The first-order chi connectivity index (χ1) is 14.1. The molecular formula is C22H24N6O. The molecule has 0 radical (unpaired) electrons. The van der Waals surface area contributed by atoms with Gasteiger partial charge in [0.15, 0.2) is 5.76 Å². The van der Waals surface area contributed by atoms with E-state index in [2.05, 4.69) is 69.0 Å². The van der Waals surface area contributed by atoms with Gasteiger partial charge in [0.2, 0.25) is 5.82 Å². The molecule has 0 spiro atoms. The molecule has 1 aliphatic heterocycles. The maximum atomic E-state index is 5.47. The molecule has 7 heteroatoms. The predicted octanol–water partition coefficient (Wildman–Crippen LogP) is 3.72. The Morgan fingerprint density at radius 1 is 1.03 bits per heavy atom. The Balaban J connectivity index is 1.47. The summed E-state index contributed by atoms with van der Waals surface area (Å²) >= 11 is 0. The molecule has 3 aromatic heterocycles. The molecule has 1 saturated heterocycles. The van der Waals surface area contributed by atoms with Crippen LogP contribution in [0.25, 0.3) is 17.4 Å². The highest BCUT2D eigenvalue weighted by Crippen LogP contribution is 2.26. The van der Waals surface area contributed by atoms with E-state index in [0.717, 1.165) is 31.1 Å². The van der Waals surface area contributed by atoms with Gasteiger partial charge in [-0.05, 0) is 50.6 Å². The van der Waals surface area contributed by atoms with Crippen molar-refractivity contribution >= 4 is 17.3 Å². The van der Waals surface area contributed by atoms with E-state index >= 15 is 0 Å². The summed E-state index contributed by atoms with van der Waals surface area (Å²) in [4.78, 5) is 14.0. The van der Waals surface area contributed by atoms with Crippen LogP contribution in [0.4, 0.5) is 11.5 Å². The number of hydrogen-bond donors (Lipinski definition) is 0. The summed E-state index contributed by atoms with van der Waals surface area (Å²) in [7, 11) is 0. The molecule has 0 bridgehead atoms. The van der Waals surface area contributed by atoms with Gasteiger partial charge >= 0.3 is 0 Å². The van der Waals surface area contributed by atoms with Gasteiger partial charge in [-0.1, -0.05) is 12.1 Å². The summed E-state index contributed by atoms with van der Waals surface area (Å²) in [6.07, 6.45) is 1.63. The third-order valence-electron chi connectivity index (χ3n) is 5.45. The second-order valence-corrected chi connectivity index (χ2v) is 7.71. The fourth-order valence-corrected chi connectivity index (χ4v) is 4.06. The van der Waals surface area contributed by atoms with Crippen molar-refractivity contribution < 1.29 is 4.42 Å². The van der Waals surface area contributed by atoms with E-state index in [1.807, 2.05) is 23.6 Å². The molecule has 29 heavy (non-hydrogen) atoms. The average molecular weight is 388 g/mol. The molecule has 1 atom stereocenters. The molecule has 1 fully saturated rings. The fourth-order valence-electron chi connectivity index (χ4n) is 4.06. The van der Waals surface area contributed by atoms with E-state index in [1.165, 1.54) is 11.3 Å². The van der Waals surface area contributed by atoms with Gasteiger partial charge in [-0.25, -0.2) is 4.98 Å². The first-order valence-electron chi connectivity index (χ1n) is 9.95. The quantitative estimate of drug-likeness (QED) is 0.533. The largest absolute Gasteiger partial charge is 0.461 e. The molecule has 148 valence electrons. The smallest absolute Gasteiger partial charge is 0.254 e. The van der Waals surface area contributed by atoms with Crippen molar-refractivity contribution in [3.8, 4) is 11.6 Å². The average Bonchev–Trinajstić information content (AvgIpc) is 3.36. The first kappa shape index (κ1) is 17.7. The monoisotopic (exact) mass is 388 g/mol. The van der Waals surface area contributed by atoms with Crippen LogP contribution in [-0.2, 0) is 0 Å². The SMILES string of the molecule is Cc1cccc(N2CCN(c3cc(C)nc4nc(-c5ccco5)nn34)CC2C)c1. The van der Waals surface area contributed by atoms with Crippen molar-refractivity contribution in [1.29, 1.82) is 0 Å². The first-order valence-corrected chi connectivity index (χ1v) is 9.95. The van der Waals surface area contributed by atoms with Gasteiger partial charge < -0.3 is 14.2 Å². The van der Waals surface area contributed by atoms with Crippen LogP contribution in [0.1, 0.15) is 18.2 Å². The van der Waals surface area contributed by atoms with Gasteiger partial charge in [-0.2, -0.15) is 9.50 Å². The highest BCUT2D eigenvalue weighted by Gasteiger charge is 2.26. The minimum absolute atomic E-state index is 0.377. The van der Waals surface area contributed by atoms with E-state index < -0.39 is 0 Å². The van der Waals surface area contributed by atoms with Crippen LogP contribution < -0.4 is 9.80 Å². The summed E-state index contributed by atoms with van der Waals surface area (Å²) in [6, 6.07) is 14.9. The molecule has 0 aliphatic carbocycles. The predicted molar refractivity (Wildman–Crippen MR) is 113 cm³/mol. The van der Waals surface area contributed by atoms with Crippen LogP contribution in [0.5, 0.6) is 0 Å². The second kappa shape index (κ2) is 6.92. The van der Waals surface area contributed by atoms with Gasteiger partial charge in [-0.3, -0.25) is 0 Å². The maximum Gasteiger partial charge on any atom is 0.254 e. The zero-order valence-corrected chi connectivity index (χ0v) is 16.9. The van der Waals surface area contributed by atoms with Gasteiger partial charge in [0, 0.05) is 43.1 Å². The highest BCUT2D eigenvalue weighted by atomic mass is 16.3. The number of aromatic nitrogens is 4. The number of rotatable bonds is 3. The Morgan fingerprint density at radius 3 is 2.69 bits per heavy atom. The molecule has 0 amide bonds. The lowest BCUT2D eigenvalue weighted by Gasteiger charge is -2.42. The van der Waals surface area contributed by atoms with Crippen molar-refractivity contribution in [3.63, 3.8) is 0 Å². The Labute approximate surface area is 169 Å². The third kappa shape index (κ3) is 3.22. The molecule has 7 nitrogen and oxygen atoms in total. The fraction of sp³-hybridized carbons (Fsp3) is 0.318. The normalized spacial score (nSPS) is 17.3. The summed E-state index contributed by atoms with van der Waals surface area (Å²) in [5.74, 6) is 2.83. The molecule has 4 heterocycles. The number of nitrogens with zero attached hydrogens (tertiary/aromatic N) is 6. The van der Waals surface area contributed by atoms with Crippen molar-refractivity contribution in [2.75, 3.05) is 29.4 Å². The van der Waals surface area contributed by atoms with Crippen molar-refractivity contribution in [1.82, 2.24) is 19.6 Å². The van der Waals surface area contributed by atoms with Crippen LogP contribution in [0.3, 0.4) is 0 Å². The highest BCUT2D eigenvalue weighted by molar-refractivity contribution is 5.56. The number of fused-ring (bicyclic) bond motifs is 1. The van der Waals surface area contributed by atoms with E-state index in [0.29, 0.717) is 23.4 Å². The van der Waals surface area contributed by atoms with Gasteiger partial charge in [-0.15, -0.1) is 5.10 Å². The number of furan rings is 1. The van der Waals surface area contributed by atoms with Crippen molar-refractivity contribution in [3.05, 3.63) is 60.0 Å². The summed E-state index contributed by atoms with van der Waals surface area (Å²) < 4.78 is 7.30. The summed E-state index contributed by atoms with van der Waals surface area (Å²) in [5.41, 5.74) is 3.50. The van der Waals surface area contributed by atoms with E-state index in [9.17, 15) is 0 Å². The Kier molecular flexibility index (Phi) is 4.23. The summed E-state index contributed by atoms with van der Waals surface area (Å²) in [6.45, 7) is 9.18. The second-order valence-electron chi connectivity index (χ2n) is 7.71. The lowest BCUT2D eigenvalue weighted by atomic mass is 10.1. The molecule has 5 rings (SSSR count). The molecule has 1 aromatic carbocycles. The minimum Gasteiger partial charge on any atom is -0.461 e. The van der Waals surface area contributed by atoms with Crippen molar-refractivity contribution in [2.45, 2.75) is 26.8 Å². The molecule has 0 saturated carbocycles. The van der Waals surface area contributed by atoms with Crippen LogP contribution in [0.15, 0.2) is 53.1 Å². The number of piperazine rings is 1. The van der Waals surface area contributed by atoms with E-state index in [-0.39, 0.29) is 0 Å². The lowest BCUT2D eigenvalue weighted by Crippen LogP contribution is -2.52. The van der Waals surface area contributed by atoms with Crippen LogP contribution in [-0.4, -0.2) is 45.3 Å². The Hall–Kier alpha value is -3.35. The molecule has 1 aliphatic rings. The van der Waals surface area contributed by atoms with Gasteiger partial charge in [0.05, 0.1) is 6.26 Å². The Morgan fingerprint density at radius 2 is 1.93 bits per heavy atom. The molecular weight excluding hydrogens is 364 g/mol. The topological polar surface area (TPSA) is 62.7 Å². The zero-order chi connectivity index (χ0) is 20.0. The van der Waals surface area contributed by atoms with Crippen molar-refractivity contribution in [2.24, 2.45) is 0 Å². The Bertz CT molecular complexity index is 1150. The van der Waals surface area contributed by atoms with Gasteiger partial charge in [0.25, 0.3) is 5.78 Å². The third-order valence-corrected chi connectivity index (χ3v) is 5.45. The van der Waals surface area contributed by atoms with E-state index in [4.69, 9.17) is 4.42 Å². The maximum absolute atomic E-state index is 5.47. The van der Waals surface area contributed by atoms with Crippen LogP contribution in [0.2, 0.25) is 0 Å². The van der Waals surface area contributed by atoms with E-state index in [1.54, 1.807) is 6.26 Å². The summed E-state index contributed by atoms with van der Waals surface area (Å²) in [5, 5.41) is 4.68. The zero-order valence-electron chi connectivity index (χ0n) is 16.9. The number of hydrogen-bond acceptors (Lipinski definition) is 6.